The van der Waals surface area contributed by atoms with Gasteiger partial charge in [-0.3, -0.25) is 0 Å². The summed E-state index contributed by atoms with van der Waals surface area (Å²) in [5, 5.41) is 21.3. The van der Waals surface area contributed by atoms with Gasteiger partial charge >= 0.3 is 0 Å². The van der Waals surface area contributed by atoms with E-state index in [1.807, 2.05) is 0 Å². The SMILES string of the molecule is CCC[C@@H](C)[C@H]1CC[C@@H]2C[C@H]3C(C[C@@]21C)[C@@]1(C)CC[C@@H](O)CC1C[C@H]3O. The topological polar surface area (TPSA) is 40.5 Å². The maximum absolute atomic E-state index is 11.0. The Morgan fingerprint density at radius 1 is 0.962 bits per heavy atom. The summed E-state index contributed by atoms with van der Waals surface area (Å²) in [6.07, 6.45) is 11.8. The van der Waals surface area contributed by atoms with Gasteiger partial charge in [0.25, 0.3) is 0 Å². The van der Waals surface area contributed by atoms with E-state index in [4.69, 9.17) is 0 Å². The largest absolute Gasteiger partial charge is 0.393 e. The molecule has 0 saturated heterocycles. The van der Waals surface area contributed by atoms with Crippen molar-refractivity contribution >= 4 is 0 Å². The number of aliphatic hydroxyl groups is 2. The van der Waals surface area contributed by atoms with Crippen molar-refractivity contribution in [3.8, 4) is 0 Å². The van der Waals surface area contributed by atoms with Crippen molar-refractivity contribution in [2.24, 2.45) is 46.3 Å². The van der Waals surface area contributed by atoms with Gasteiger partial charge in [-0.05, 0) is 97.7 Å². The summed E-state index contributed by atoms with van der Waals surface area (Å²) < 4.78 is 0. The highest BCUT2D eigenvalue weighted by molar-refractivity contribution is 5.10. The molecule has 150 valence electrons. The molecule has 0 spiro atoms. The number of fused-ring (bicyclic) bond motifs is 4. The van der Waals surface area contributed by atoms with Gasteiger partial charge in [-0.25, -0.2) is 0 Å². The molecule has 0 aromatic heterocycles. The molecular formula is C24H42O2. The van der Waals surface area contributed by atoms with Crippen LogP contribution in [0.15, 0.2) is 0 Å². The Kier molecular flexibility index (Phi) is 5.01. The lowest BCUT2D eigenvalue weighted by atomic mass is 9.44. The minimum atomic E-state index is -0.132. The summed E-state index contributed by atoms with van der Waals surface area (Å²) in [4.78, 5) is 0. The molecule has 0 heterocycles. The van der Waals surface area contributed by atoms with Gasteiger partial charge in [-0.1, -0.05) is 40.5 Å². The molecule has 0 amide bonds. The average Bonchev–Trinajstić information content (AvgIpc) is 2.92. The van der Waals surface area contributed by atoms with E-state index < -0.39 is 0 Å². The zero-order valence-corrected chi connectivity index (χ0v) is 17.6. The van der Waals surface area contributed by atoms with E-state index >= 15 is 0 Å². The fourth-order valence-corrected chi connectivity index (χ4v) is 8.62. The van der Waals surface area contributed by atoms with Gasteiger partial charge in [0.1, 0.15) is 0 Å². The maximum atomic E-state index is 11.0. The summed E-state index contributed by atoms with van der Waals surface area (Å²) in [7, 11) is 0. The van der Waals surface area contributed by atoms with Crippen LogP contribution in [-0.2, 0) is 0 Å². The molecule has 0 radical (unpaired) electrons. The standard InChI is InChI=1S/C24H42O2/c1-5-6-15(2)20-8-7-16-12-19-21(14-24(16,20)4)23(3)10-9-18(25)11-17(23)13-22(19)26/h15-22,25-26H,5-14H2,1-4H3/t15-,16-,17?,18-,19+,20-,21?,22-,23+,24+/m1/s1. The second-order valence-corrected chi connectivity index (χ2v) is 11.3. The smallest absolute Gasteiger partial charge is 0.0574 e. The Morgan fingerprint density at radius 2 is 1.73 bits per heavy atom. The van der Waals surface area contributed by atoms with E-state index in [9.17, 15) is 10.2 Å². The highest BCUT2D eigenvalue weighted by Gasteiger charge is 2.61. The van der Waals surface area contributed by atoms with Gasteiger partial charge < -0.3 is 10.2 Å². The molecule has 4 fully saturated rings. The minimum Gasteiger partial charge on any atom is -0.393 e. The first-order chi connectivity index (χ1) is 12.3. The molecule has 2 N–H and O–H groups in total. The highest BCUT2D eigenvalue weighted by atomic mass is 16.3. The fourth-order valence-electron chi connectivity index (χ4n) is 8.62. The van der Waals surface area contributed by atoms with Crippen LogP contribution in [0.5, 0.6) is 0 Å². The van der Waals surface area contributed by atoms with E-state index in [-0.39, 0.29) is 12.2 Å². The summed E-state index contributed by atoms with van der Waals surface area (Å²) in [5.74, 6) is 4.26. The van der Waals surface area contributed by atoms with Crippen LogP contribution in [0.4, 0.5) is 0 Å². The predicted octanol–water partition coefficient (Wildman–Crippen LogP) is 5.41. The number of rotatable bonds is 3. The molecule has 4 saturated carbocycles. The summed E-state index contributed by atoms with van der Waals surface area (Å²) in [6.45, 7) is 9.98. The molecule has 0 aliphatic heterocycles. The third-order valence-corrected chi connectivity index (χ3v) is 10.1. The molecule has 4 aliphatic rings. The van der Waals surface area contributed by atoms with E-state index in [1.165, 1.54) is 44.9 Å². The normalized spacial score (nSPS) is 54.9. The molecule has 10 atom stereocenters. The molecule has 2 nitrogen and oxygen atoms in total. The van der Waals surface area contributed by atoms with Crippen molar-refractivity contribution in [1.82, 2.24) is 0 Å². The summed E-state index contributed by atoms with van der Waals surface area (Å²) in [5.41, 5.74) is 0.828. The lowest BCUT2D eigenvalue weighted by Gasteiger charge is -2.62. The van der Waals surface area contributed by atoms with E-state index in [1.54, 1.807) is 0 Å². The summed E-state index contributed by atoms with van der Waals surface area (Å²) in [6, 6.07) is 0. The molecule has 0 bridgehead atoms. The first-order valence-corrected chi connectivity index (χ1v) is 11.7. The van der Waals surface area contributed by atoms with Gasteiger partial charge in [-0.2, -0.15) is 0 Å². The van der Waals surface area contributed by atoms with E-state index in [0.29, 0.717) is 28.6 Å². The van der Waals surface area contributed by atoms with Crippen LogP contribution in [0.2, 0.25) is 0 Å². The van der Waals surface area contributed by atoms with Crippen LogP contribution in [0.25, 0.3) is 0 Å². The van der Waals surface area contributed by atoms with Crippen LogP contribution in [0, 0.1) is 46.3 Å². The molecule has 0 aromatic rings. The predicted molar refractivity (Wildman–Crippen MR) is 107 cm³/mol. The molecule has 2 unspecified atom stereocenters. The lowest BCUT2D eigenvalue weighted by Crippen LogP contribution is -2.57. The van der Waals surface area contributed by atoms with Crippen molar-refractivity contribution in [2.75, 3.05) is 0 Å². The molecule has 4 rings (SSSR count). The van der Waals surface area contributed by atoms with Crippen LogP contribution in [0.3, 0.4) is 0 Å². The van der Waals surface area contributed by atoms with Crippen LogP contribution in [0.1, 0.15) is 91.9 Å². The third-order valence-electron chi connectivity index (χ3n) is 10.1. The molecule has 2 heteroatoms. The fraction of sp³-hybridized carbons (Fsp3) is 1.00. The molecular weight excluding hydrogens is 320 g/mol. The van der Waals surface area contributed by atoms with Crippen molar-refractivity contribution in [3.63, 3.8) is 0 Å². The third kappa shape index (κ3) is 2.81. The first kappa shape index (κ1) is 19.2. The zero-order chi connectivity index (χ0) is 18.7. The van der Waals surface area contributed by atoms with Gasteiger partial charge in [0.05, 0.1) is 12.2 Å². The van der Waals surface area contributed by atoms with Gasteiger partial charge in [0, 0.05) is 0 Å². The van der Waals surface area contributed by atoms with Crippen molar-refractivity contribution < 1.29 is 10.2 Å². The Morgan fingerprint density at radius 3 is 2.46 bits per heavy atom. The number of aliphatic hydroxyl groups excluding tert-OH is 2. The highest BCUT2D eigenvalue weighted by Crippen LogP contribution is 2.67. The van der Waals surface area contributed by atoms with Crippen molar-refractivity contribution in [1.29, 1.82) is 0 Å². The monoisotopic (exact) mass is 362 g/mol. The Labute approximate surface area is 161 Å². The second-order valence-electron chi connectivity index (χ2n) is 11.3. The van der Waals surface area contributed by atoms with Crippen LogP contribution < -0.4 is 0 Å². The van der Waals surface area contributed by atoms with Gasteiger partial charge in [0.2, 0.25) is 0 Å². The molecule has 4 aliphatic carbocycles. The van der Waals surface area contributed by atoms with E-state index in [2.05, 4.69) is 27.7 Å². The number of hydrogen-bond donors (Lipinski definition) is 2. The summed E-state index contributed by atoms with van der Waals surface area (Å²) >= 11 is 0. The van der Waals surface area contributed by atoms with Gasteiger partial charge in [0.15, 0.2) is 0 Å². The Hall–Kier alpha value is -0.0800. The maximum Gasteiger partial charge on any atom is 0.0574 e. The average molecular weight is 363 g/mol. The number of hydrogen-bond acceptors (Lipinski definition) is 2. The van der Waals surface area contributed by atoms with Gasteiger partial charge in [-0.15, -0.1) is 0 Å². The molecule has 26 heavy (non-hydrogen) atoms. The Balaban J connectivity index is 1.62. The van der Waals surface area contributed by atoms with Crippen molar-refractivity contribution in [3.05, 3.63) is 0 Å². The lowest BCUT2D eigenvalue weighted by molar-refractivity contribution is -0.165. The first-order valence-electron chi connectivity index (χ1n) is 11.7. The second kappa shape index (κ2) is 6.76. The van der Waals surface area contributed by atoms with E-state index in [0.717, 1.165) is 37.0 Å². The van der Waals surface area contributed by atoms with Crippen LogP contribution in [-0.4, -0.2) is 22.4 Å². The van der Waals surface area contributed by atoms with Crippen molar-refractivity contribution in [2.45, 2.75) is 104 Å². The molecule has 0 aromatic carbocycles. The Bertz CT molecular complexity index is 518. The van der Waals surface area contributed by atoms with Crippen LogP contribution >= 0.6 is 0 Å². The zero-order valence-electron chi connectivity index (χ0n) is 17.6. The minimum absolute atomic E-state index is 0.125. The quantitative estimate of drug-likeness (QED) is 0.704.